The van der Waals surface area contributed by atoms with E-state index in [4.69, 9.17) is 14.2 Å². The van der Waals surface area contributed by atoms with Gasteiger partial charge in [0, 0.05) is 19.3 Å². The highest BCUT2D eigenvalue weighted by Gasteiger charge is 2.19. The lowest BCUT2D eigenvalue weighted by atomic mass is 10.1. The van der Waals surface area contributed by atoms with Crippen molar-refractivity contribution < 1.29 is 28.6 Å². The molecule has 0 aliphatic rings. The van der Waals surface area contributed by atoms with Crippen LogP contribution in [0.15, 0.2) is 122 Å². The Hall–Kier alpha value is -4.19. The standard InChI is InChI=1S/C62H100O6/c1-4-7-10-13-16-19-22-25-27-29-31-33-35-37-40-43-46-49-52-55-61(64)67-58-59(57-66-60(63)54-51-48-45-42-39-24-21-18-15-12-9-6-3)68-62(65)56-53-50-47-44-41-38-36-34-32-30-28-26-23-20-17-14-11-8-5-2/h7,10,13,16-23,25-27,29,31,33,35,37,40,59H,4-6,8-9,11-12,14-15,24,28,30,32,34,36,38-39,41-58H2,1-3H3/b10-7-,16-13-,20-17-,21-18-,22-19-,26-23-,27-25-,31-29+,35-33-,40-37-. The van der Waals surface area contributed by atoms with E-state index in [0.717, 1.165) is 83.5 Å². The van der Waals surface area contributed by atoms with Gasteiger partial charge in [-0.3, -0.25) is 14.4 Å². The van der Waals surface area contributed by atoms with Crippen LogP contribution in [0.5, 0.6) is 0 Å². The molecule has 0 heterocycles. The molecule has 68 heavy (non-hydrogen) atoms. The largest absolute Gasteiger partial charge is 0.462 e. The normalized spacial score (nSPS) is 13.0. The van der Waals surface area contributed by atoms with Gasteiger partial charge in [-0.15, -0.1) is 0 Å². The van der Waals surface area contributed by atoms with Crippen molar-refractivity contribution in [2.24, 2.45) is 0 Å². The number of unbranched alkanes of at least 4 members (excludes halogenated alkanes) is 24. The van der Waals surface area contributed by atoms with Crippen LogP contribution in [0, 0.1) is 0 Å². The van der Waals surface area contributed by atoms with Crippen LogP contribution in [-0.4, -0.2) is 37.2 Å². The number of carbonyl (C=O) groups excluding carboxylic acids is 3. The van der Waals surface area contributed by atoms with E-state index in [1.807, 2.05) is 72.9 Å². The molecule has 0 saturated heterocycles. The Kier molecular flexibility index (Phi) is 52.0. The van der Waals surface area contributed by atoms with E-state index in [2.05, 4.69) is 69.4 Å². The van der Waals surface area contributed by atoms with E-state index < -0.39 is 6.10 Å². The zero-order valence-corrected chi connectivity index (χ0v) is 43.8. The lowest BCUT2D eigenvalue weighted by Crippen LogP contribution is -2.30. The SMILES string of the molecule is CC\C=C/C=C\C=C/C=C\C=C\C=C/C=C\CCCCCC(=O)OCC(COC(=O)CCCCCCC/C=C\CCCCC)OC(=O)CCCCCCCCCCCC/C=C\C=C/CCCCC. The summed E-state index contributed by atoms with van der Waals surface area (Å²) in [5.41, 5.74) is 0. The van der Waals surface area contributed by atoms with Crippen LogP contribution in [0.1, 0.15) is 233 Å². The quantitative estimate of drug-likeness (QED) is 0.0199. The van der Waals surface area contributed by atoms with Crippen molar-refractivity contribution in [3.8, 4) is 0 Å². The van der Waals surface area contributed by atoms with E-state index in [0.29, 0.717) is 19.3 Å². The number of esters is 3. The van der Waals surface area contributed by atoms with Gasteiger partial charge in [0.1, 0.15) is 13.2 Å². The second kappa shape index (κ2) is 55.4. The first-order chi connectivity index (χ1) is 33.5. The summed E-state index contributed by atoms with van der Waals surface area (Å²) in [5.74, 6) is -0.963. The van der Waals surface area contributed by atoms with Crippen LogP contribution in [0.2, 0.25) is 0 Å². The molecule has 0 rings (SSSR count). The Morgan fingerprint density at radius 2 is 0.588 bits per heavy atom. The Labute approximate surface area is 418 Å². The topological polar surface area (TPSA) is 78.9 Å². The van der Waals surface area contributed by atoms with Gasteiger partial charge in [0.2, 0.25) is 0 Å². The maximum Gasteiger partial charge on any atom is 0.306 e. The number of ether oxygens (including phenoxy) is 3. The van der Waals surface area contributed by atoms with Crippen molar-refractivity contribution in [1.82, 2.24) is 0 Å². The van der Waals surface area contributed by atoms with E-state index in [1.54, 1.807) is 0 Å². The zero-order valence-electron chi connectivity index (χ0n) is 43.8. The third-order valence-electron chi connectivity index (χ3n) is 11.4. The minimum atomic E-state index is -0.806. The maximum atomic E-state index is 12.8. The Balaban J connectivity index is 4.49. The average Bonchev–Trinajstić information content (AvgIpc) is 3.34. The molecule has 0 aromatic rings. The van der Waals surface area contributed by atoms with Crippen molar-refractivity contribution in [3.05, 3.63) is 122 Å². The van der Waals surface area contributed by atoms with Crippen LogP contribution in [0.25, 0.3) is 0 Å². The van der Waals surface area contributed by atoms with Gasteiger partial charge in [-0.1, -0.05) is 245 Å². The van der Waals surface area contributed by atoms with Crippen LogP contribution in [0.3, 0.4) is 0 Å². The molecular weight excluding hydrogens is 841 g/mol. The van der Waals surface area contributed by atoms with Crippen molar-refractivity contribution in [3.63, 3.8) is 0 Å². The number of carbonyl (C=O) groups is 3. The summed E-state index contributed by atoms with van der Waals surface area (Å²) < 4.78 is 16.8. The first-order valence-electron chi connectivity index (χ1n) is 27.7. The highest BCUT2D eigenvalue weighted by molar-refractivity contribution is 5.71. The molecule has 0 fully saturated rings. The van der Waals surface area contributed by atoms with E-state index in [1.165, 1.54) is 109 Å². The average molecular weight is 941 g/mol. The van der Waals surface area contributed by atoms with Gasteiger partial charge in [-0.25, -0.2) is 0 Å². The summed E-state index contributed by atoms with van der Waals surface area (Å²) in [6, 6.07) is 0. The van der Waals surface area contributed by atoms with E-state index in [9.17, 15) is 14.4 Å². The first-order valence-corrected chi connectivity index (χ1v) is 27.7. The smallest absolute Gasteiger partial charge is 0.306 e. The van der Waals surface area contributed by atoms with Gasteiger partial charge >= 0.3 is 17.9 Å². The molecule has 0 radical (unpaired) electrons. The highest BCUT2D eigenvalue weighted by Crippen LogP contribution is 2.14. The molecule has 0 aliphatic heterocycles. The van der Waals surface area contributed by atoms with E-state index >= 15 is 0 Å². The first kappa shape index (κ1) is 63.8. The minimum Gasteiger partial charge on any atom is -0.462 e. The van der Waals surface area contributed by atoms with Crippen molar-refractivity contribution >= 4 is 17.9 Å². The summed E-state index contributed by atoms with van der Waals surface area (Å²) >= 11 is 0. The van der Waals surface area contributed by atoms with Crippen LogP contribution in [-0.2, 0) is 28.6 Å². The monoisotopic (exact) mass is 941 g/mol. The van der Waals surface area contributed by atoms with Gasteiger partial charge in [0.05, 0.1) is 0 Å². The number of hydrogen-bond donors (Lipinski definition) is 0. The fourth-order valence-corrected chi connectivity index (χ4v) is 7.23. The molecule has 0 spiro atoms. The predicted octanol–water partition coefficient (Wildman–Crippen LogP) is 18.5. The second-order valence-corrected chi connectivity index (χ2v) is 18.0. The molecule has 1 atom stereocenters. The number of rotatable bonds is 48. The summed E-state index contributed by atoms with van der Waals surface area (Å²) in [4.78, 5) is 38.1. The third-order valence-corrected chi connectivity index (χ3v) is 11.4. The van der Waals surface area contributed by atoms with E-state index in [-0.39, 0.29) is 31.1 Å². The fourth-order valence-electron chi connectivity index (χ4n) is 7.23. The Bertz CT molecular complexity index is 1450. The number of allylic oxidation sites excluding steroid dienone is 20. The molecule has 0 aliphatic carbocycles. The maximum absolute atomic E-state index is 12.8. The van der Waals surface area contributed by atoms with Crippen LogP contribution < -0.4 is 0 Å². The molecule has 0 N–H and O–H groups in total. The molecule has 0 bridgehead atoms. The van der Waals surface area contributed by atoms with Crippen molar-refractivity contribution in [2.45, 2.75) is 239 Å². The lowest BCUT2D eigenvalue weighted by molar-refractivity contribution is -0.167. The summed E-state index contributed by atoms with van der Waals surface area (Å²) in [5, 5.41) is 0. The van der Waals surface area contributed by atoms with Gasteiger partial charge in [0.25, 0.3) is 0 Å². The molecule has 0 aromatic carbocycles. The molecular formula is C62H100O6. The minimum absolute atomic E-state index is 0.102. The number of hydrogen-bond acceptors (Lipinski definition) is 6. The molecule has 1 unspecified atom stereocenters. The summed E-state index contributed by atoms with van der Waals surface area (Å²) in [6.07, 6.45) is 76.0. The highest BCUT2D eigenvalue weighted by atomic mass is 16.6. The van der Waals surface area contributed by atoms with Gasteiger partial charge in [0.15, 0.2) is 6.10 Å². The lowest BCUT2D eigenvalue weighted by Gasteiger charge is -2.18. The van der Waals surface area contributed by atoms with Crippen molar-refractivity contribution in [2.75, 3.05) is 13.2 Å². The second-order valence-electron chi connectivity index (χ2n) is 18.0. The van der Waals surface area contributed by atoms with Crippen molar-refractivity contribution in [1.29, 1.82) is 0 Å². The third kappa shape index (κ3) is 52.8. The molecule has 6 nitrogen and oxygen atoms in total. The van der Waals surface area contributed by atoms with Crippen LogP contribution >= 0.6 is 0 Å². The van der Waals surface area contributed by atoms with Gasteiger partial charge in [-0.05, 0) is 89.9 Å². The predicted molar refractivity (Wildman–Crippen MR) is 293 cm³/mol. The summed E-state index contributed by atoms with van der Waals surface area (Å²) in [6.45, 7) is 6.38. The Morgan fingerprint density at radius 3 is 0.971 bits per heavy atom. The summed E-state index contributed by atoms with van der Waals surface area (Å²) in [7, 11) is 0. The van der Waals surface area contributed by atoms with Gasteiger partial charge in [-0.2, -0.15) is 0 Å². The molecule has 6 heteroatoms. The molecule has 0 saturated carbocycles. The van der Waals surface area contributed by atoms with Crippen LogP contribution in [0.4, 0.5) is 0 Å². The Morgan fingerprint density at radius 1 is 0.309 bits per heavy atom. The molecule has 0 aromatic heterocycles. The molecule has 384 valence electrons. The van der Waals surface area contributed by atoms with Gasteiger partial charge < -0.3 is 14.2 Å². The molecule has 0 amide bonds. The fraction of sp³-hybridized carbons (Fsp3) is 0.629. The zero-order chi connectivity index (χ0) is 49.3.